The summed E-state index contributed by atoms with van der Waals surface area (Å²) in [5.74, 6) is -0.473. The van der Waals surface area contributed by atoms with Gasteiger partial charge in [0.2, 0.25) is 0 Å². The first-order valence-electron chi connectivity index (χ1n) is 8.66. The van der Waals surface area contributed by atoms with Gasteiger partial charge in [0.05, 0.1) is 22.6 Å². The Labute approximate surface area is 162 Å². The highest BCUT2D eigenvalue weighted by atomic mass is 35.5. The van der Waals surface area contributed by atoms with Crippen molar-refractivity contribution in [2.75, 3.05) is 6.61 Å². The number of nitrogens with one attached hydrogen (secondary N) is 1. The van der Waals surface area contributed by atoms with E-state index < -0.39 is 5.82 Å². The van der Waals surface area contributed by atoms with Crippen LogP contribution in [0.2, 0.25) is 5.02 Å². The molecule has 0 aliphatic heterocycles. The van der Waals surface area contributed by atoms with Crippen molar-refractivity contribution in [1.29, 1.82) is 0 Å². The van der Waals surface area contributed by atoms with Gasteiger partial charge in [-0.15, -0.1) is 5.10 Å². The SMILES string of the molecule is CC(C)(CO)[C@H](NCc1cn(-c2ccc(F)c(Cl)c2)nn1)c1ccccc1. The predicted octanol–water partition coefficient (Wildman–Crippen LogP) is 3.91. The first kappa shape index (κ1) is 19.5. The number of nitrogens with zero attached hydrogens (tertiary/aromatic N) is 3. The van der Waals surface area contributed by atoms with Crippen LogP contribution in [-0.4, -0.2) is 26.7 Å². The standard InChI is InChI=1S/C20H22ClFN4O/c1-20(2,13-27)19(14-6-4-3-5-7-14)23-11-15-12-26(25-24-15)16-8-9-18(22)17(21)10-16/h3-10,12,19,23,27H,11,13H2,1-2H3/t19-/m1/s1. The Morgan fingerprint density at radius 1 is 1.22 bits per heavy atom. The highest BCUT2D eigenvalue weighted by Gasteiger charge is 2.30. The summed E-state index contributed by atoms with van der Waals surface area (Å²) in [6, 6.07) is 14.3. The number of aliphatic hydroxyl groups excluding tert-OH is 1. The van der Waals surface area contributed by atoms with Crippen molar-refractivity contribution >= 4 is 11.6 Å². The third kappa shape index (κ3) is 4.53. The molecule has 0 aliphatic rings. The van der Waals surface area contributed by atoms with E-state index in [1.807, 2.05) is 44.2 Å². The summed E-state index contributed by atoms with van der Waals surface area (Å²) < 4.78 is 14.9. The fraction of sp³-hybridized carbons (Fsp3) is 0.300. The molecule has 2 N–H and O–H groups in total. The van der Waals surface area contributed by atoms with Gasteiger partial charge in [-0.1, -0.05) is 61.0 Å². The second kappa shape index (κ2) is 8.17. The maximum absolute atomic E-state index is 13.3. The summed E-state index contributed by atoms with van der Waals surface area (Å²) in [5.41, 5.74) is 2.09. The molecule has 1 aromatic heterocycles. The highest BCUT2D eigenvalue weighted by molar-refractivity contribution is 6.30. The molecule has 5 nitrogen and oxygen atoms in total. The van der Waals surface area contributed by atoms with Crippen LogP contribution in [0.5, 0.6) is 0 Å². The normalized spacial score (nSPS) is 12.9. The van der Waals surface area contributed by atoms with Crippen molar-refractivity contribution in [1.82, 2.24) is 20.3 Å². The zero-order valence-corrected chi connectivity index (χ0v) is 16.0. The van der Waals surface area contributed by atoms with E-state index in [1.165, 1.54) is 12.1 Å². The van der Waals surface area contributed by atoms with E-state index in [2.05, 4.69) is 15.6 Å². The quantitative estimate of drug-likeness (QED) is 0.644. The van der Waals surface area contributed by atoms with Crippen LogP contribution >= 0.6 is 11.6 Å². The number of aromatic nitrogens is 3. The molecular formula is C20H22ClFN4O. The first-order valence-corrected chi connectivity index (χ1v) is 9.04. The van der Waals surface area contributed by atoms with Gasteiger partial charge in [0.1, 0.15) is 5.82 Å². The van der Waals surface area contributed by atoms with Gasteiger partial charge in [0.25, 0.3) is 0 Å². The third-order valence-electron chi connectivity index (χ3n) is 4.52. The van der Waals surface area contributed by atoms with E-state index in [-0.39, 0.29) is 23.1 Å². The van der Waals surface area contributed by atoms with E-state index in [1.54, 1.807) is 16.9 Å². The second-order valence-electron chi connectivity index (χ2n) is 7.12. The molecule has 0 saturated carbocycles. The lowest BCUT2D eigenvalue weighted by molar-refractivity contribution is 0.114. The Hall–Kier alpha value is -2.28. The maximum atomic E-state index is 13.3. The molecule has 142 valence electrons. The topological polar surface area (TPSA) is 63.0 Å². The molecule has 1 heterocycles. The van der Waals surface area contributed by atoms with Gasteiger partial charge in [-0.25, -0.2) is 9.07 Å². The Bertz CT molecular complexity index is 898. The maximum Gasteiger partial charge on any atom is 0.141 e. The van der Waals surface area contributed by atoms with Crippen molar-refractivity contribution in [2.24, 2.45) is 5.41 Å². The summed E-state index contributed by atoms with van der Waals surface area (Å²) in [6.07, 6.45) is 1.77. The molecule has 27 heavy (non-hydrogen) atoms. The van der Waals surface area contributed by atoms with Crippen LogP contribution in [0, 0.1) is 11.2 Å². The number of halogens is 2. The van der Waals surface area contributed by atoms with E-state index in [9.17, 15) is 9.50 Å². The minimum atomic E-state index is -0.473. The smallest absolute Gasteiger partial charge is 0.141 e. The number of hydrogen-bond acceptors (Lipinski definition) is 4. The van der Waals surface area contributed by atoms with Crippen molar-refractivity contribution in [2.45, 2.75) is 26.4 Å². The lowest BCUT2D eigenvalue weighted by Gasteiger charge is -2.33. The van der Waals surface area contributed by atoms with Crippen LogP contribution in [0.3, 0.4) is 0 Å². The van der Waals surface area contributed by atoms with Gasteiger partial charge >= 0.3 is 0 Å². The first-order chi connectivity index (χ1) is 12.9. The van der Waals surface area contributed by atoms with Crippen molar-refractivity contribution in [3.8, 4) is 5.69 Å². The molecule has 0 amide bonds. The number of hydrogen-bond donors (Lipinski definition) is 2. The van der Waals surface area contributed by atoms with Gasteiger partial charge < -0.3 is 10.4 Å². The van der Waals surface area contributed by atoms with E-state index in [0.717, 1.165) is 11.3 Å². The minimum absolute atomic E-state index is 0.0384. The van der Waals surface area contributed by atoms with Gasteiger partial charge in [0, 0.05) is 24.6 Å². The fourth-order valence-corrected chi connectivity index (χ4v) is 3.10. The van der Waals surface area contributed by atoms with Crippen molar-refractivity contribution < 1.29 is 9.50 Å². The van der Waals surface area contributed by atoms with Crippen LogP contribution in [0.1, 0.15) is 31.1 Å². The largest absolute Gasteiger partial charge is 0.396 e. The lowest BCUT2D eigenvalue weighted by atomic mass is 9.81. The summed E-state index contributed by atoms with van der Waals surface area (Å²) in [6.45, 7) is 4.53. The van der Waals surface area contributed by atoms with E-state index in [4.69, 9.17) is 11.6 Å². The average Bonchev–Trinajstić information content (AvgIpc) is 3.14. The fourth-order valence-electron chi connectivity index (χ4n) is 2.92. The molecule has 0 bridgehead atoms. The molecule has 7 heteroatoms. The molecule has 0 unspecified atom stereocenters. The molecular weight excluding hydrogens is 367 g/mol. The molecule has 3 rings (SSSR count). The molecule has 1 atom stereocenters. The predicted molar refractivity (Wildman–Crippen MR) is 103 cm³/mol. The molecule has 3 aromatic rings. The van der Waals surface area contributed by atoms with Crippen LogP contribution in [0.4, 0.5) is 4.39 Å². The van der Waals surface area contributed by atoms with Crippen molar-refractivity contribution in [3.63, 3.8) is 0 Å². The van der Waals surface area contributed by atoms with Crippen LogP contribution in [0.25, 0.3) is 5.69 Å². The molecule has 0 saturated heterocycles. The Balaban J connectivity index is 1.76. The molecule has 0 fully saturated rings. The van der Waals surface area contributed by atoms with E-state index in [0.29, 0.717) is 12.2 Å². The minimum Gasteiger partial charge on any atom is -0.396 e. The summed E-state index contributed by atoms with van der Waals surface area (Å²) in [4.78, 5) is 0. The van der Waals surface area contributed by atoms with Crippen LogP contribution in [-0.2, 0) is 6.54 Å². The summed E-state index contributed by atoms with van der Waals surface area (Å²) in [7, 11) is 0. The third-order valence-corrected chi connectivity index (χ3v) is 4.81. The molecule has 2 aromatic carbocycles. The lowest BCUT2D eigenvalue weighted by Crippen LogP contribution is -2.36. The number of aliphatic hydroxyl groups is 1. The second-order valence-corrected chi connectivity index (χ2v) is 7.53. The Morgan fingerprint density at radius 2 is 1.96 bits per heavy atom. The van der Waals surface area contributed by atoms with Gasteiger partial charge in [0.15, 0.2) is 0 Å². The molecule has 0 aliphatic carbocycles. The van der Waals surface area contributed by atoms with Crippen LogP contribution in [0.15, 0.2) is 54.7 Å². The van der Waals surface area contributed by atoms with Gasteiger partial charge in [-0.2, -0.15) is 0 Å². The van der Waals surface area contributed by atoms with Gasteiger partial charge in [-0.3, -0.25) is 0 Å². The van der Waals surface area contributed by atoms with Gasteiger partial charge in [-0.05, 0) is 23.8 Å². The average molecular weight is 389 g/mol. The Morgan fingerprint density at radius 3 is 2.63 bits per heavy atom. The summed E-state index contributed by atoms with van der Waals surface area (Å²) >= 11 is 5.83. The van der Waals surface area contributed by atoms with E-state index >= 15 is 0 Å². The highest BCUT2D eigenvalue weighted by Crippen LogP contribution is 2.33. The number of benzene rings is 2. The molecule has 0 radical (unpaired) electrons. The van der Waals surface area contributed by atoms with Crippen molar-refractivity contribution in [3.05, 3.63) is 76.8 Å². The monoisotopic (exact) mass is 388 g/mol. The van der Waals surface area contributed by atoms with Crippen LogP contribution < -0.4 is 5.32 Å². The Kier molecular flexibility index (Phi) is 5.89. The molecule has 0 spiro atoms. The zero-order chi connectivity index (χ0) is 19.4. The summed E-state index contributed by atoms with van der Waals surface area (Å²) in [5, 5.41) is 21.6. The number of rotatable bonds is 7. The zero-order valence-electron chi connectivity index (χ0n) is 15.2.